The normalized spacial score (nSPS) is 18.9. The van der Waals surface area contributed by atoms with Crippen LogP contribution >= 0.6 is 22.9 Å². The predicted molar refractivity (Wildman–Crippen MR) is 157 cm³/mol. The van der Waals surface area contributed by atoms with Crippen LogP contribution in [0, 0.1) is 11.3 Å². The lowest BCUT2D eigenvalue weighted by Crippen LogP contribution is -2.58. The number of aromatic nitrogens is 3. The molecule has 2 saturated heterocycles. The number of likely N-dealkylation sites (tertiary alicyclic amines) is 1. The van der Waals surface area contributed by atoms with Gasteiger partial charge in [-0.25, -0.2) is 15.0 Å². The average molecular weight is 580 g/mol. The van der Waals surface area contributed by atoms with Crippen LogP contribution in [0.3, 0.4) is 0 Å². The molecular weight excluding hydrogens is 546 g/mol. The van der Waals surface area contributed by atoms with E-state index in [2.05, 4.69) is 60.1 Å². The molecule has 0 radical (unpaired) electrons. The molecule has 12 heteroatoms. The van der Waals surface area contributed by atoms with E-state index in [1.54, 1.807) is 6.20 Å². The highest BCUT2D eigenvalue weighted by atomic mass is 35.5. The topological polar surface area (TPSA) is 127 Å². The molecule has 1 amide bonds. The zero-order valence-corrected chi connectivity index (χ0v) is 24.2. The molecule has 210 valence electrons. The van der Waals surface area contributed by atoms with Gasteiger partial charge in [-0.3, -0.25) is 14.6 Å². The Kier molecular flexibility index (Phi) is 9.11. The molecule has 0 spiro atoms. The summed E-state index contributed by atoms with van der Waals surface area (Å²) in [6.07, 6.45) is 4.97. The standard InChI is InChI=1S/C28H34ClN9OS/c1-2-21-18-37(27-25(29)34-24(26(31)35-27)28(39)33-16-23-32-9-14-40-23)12-13-38(21)22-7-10-36(11-8-22)17-20-5-3-19(15-30)4-6-20/h3-6,9,14,21-22H,2,7-8,10-13,16-18H2,1H3,(H2,31,35)(H,33,39)/t21-/m0/s1. The first-order chi connectivity index (χ1) is 19.4. The van der Waals surface area contributed by atoms with Crippen LogP contribution in [0.1, 0.15) is 52.8 Å². The molecule has 2 aliphatic rings. The van der Waals surface area contributed by atoms with Gasteiger partial charge in [0.25, 0.3) is 5.91 Å². The van der Waals surface area contributed by atoms with Crippen LogP contribution in [0.25, 0.3) is 0 Å². The Morgan fingerprint density at radius 3 is 2.65 bits per heavy atom. The van der Waals surface area contributed by atoms with Crippen molar-refractivity contribution in [3.8, 4) is 6.07 Å². The second-order valence-corrected chi connectivity index (χ2v) is 11.6. The number of hydrogen-bond donors (Lipinski definition) is 2. The number of nitrogens with one attached hydrogen (secondary N) is 1. The van der Waals surface area contributed by atoms with Crippen molar-refractivity contribution in [1.82, 2.24) is 30.1 Å². The lowest BCUT2D eigenvalue weighted by molar-refractivity contribution is 0.0610. The zero-order chi connectivity index (χ0) is 28.1. The van der Waals surface area contributed by atoms with Gasteiger partial charge in [0.05, 0.1) is 18.2 Å². The fourth-order valence-electron chi connectivity index (χ4n) is 5.62. The average Bonchev–Trinajstić information content (AvgIpc) is 3.51. The van der Waals surface area contributed by atoms with Gasteiger partial charge in [-0.1, -0.05) is 30.7 Å². The monoisotopic (exact) mass is 579 g/mol. The van der Waals surface area contributed by atoms with Crippen LogP contribution in [0.5, 0.6) is 0 Å². The Hall–Kier alpha value is -3.30. The number of nitrogen functional groups attached to an aromatic ring is 1. The molecule has 3 aromatic rings. The van der Waals surface area contributed by atoms with Crippen molar-refractivity contribution in [3.63, 3.8) is 0 Å². The summed E-state index contributed by atoms with van der Waals surface area (Å²) in [5, 5.41) is 14.6. The number of carbonyl (C=O) groups is 1. The highest BCUT2D eigenvalue weighted by molar-refractivity contribution is 7.09. The third kappa shape index (κ3) is 6.53. The van der Waals surface area contributed by atoms with Gasteiger partial charge in [0, 0.05) is 49.8 Å². The van der Waals surface area contributed by atoms with Crippen LogP contribution < -0.4 is 16.0 Å². The summed E-state index contributed by atoms with van der Waals surface area (Å²) in [6, 6.07) is 11.0. The zero-order valence-electron chi connectivity index (χ0n) is 22.6. The largest absolute Gasteiger partial charge is 0.382 e. The highest BCUT2D eigenvalue weighted by Gasteiger charge is 2.34. The van der Waals surface area contributed by atoms with Crippen molar-refractivity contribution in [1.29, 1.82) is 5.26 Å². The first kappa shape index (κ1) is 28.2. The number of hydrogen-bond acceptors (Lipinski definition) is 10. The van der Waals surface area contributed by atoms with Crippen molar-refractivity contribution in [2.24, 2.45) is 0 Å². The van der Waals surface area contributed by atoms with Crippen molar-refractivity contribution in [3.05, 3.63) is 62.8 Å². The molecular formula is C28H34ClN9OS. The van der Waals surface area contributed by atoms with Crippen LogP contribution in [0.2, 0.25) is 5.15 Å². The summed E-state index contributed by atoms with van der Waals surface area (Å²) in [4.78, 5) is 33.0. The fraction of sp³-hybridized carbons (Fsp3) is 0.464. The van der Waals surface area contributed by atoms with Crippen molar-refractivity contribution in [2.75, 3.05) is 43.4 Å². The molecule has 1 atom stereocenters. The number of rotatable bonds is 8. The molecule has 2 aliphatic heterocycles. The van der Waals surface area contributed by atoms with Gasteiger partial charge >= 0.3 is 0 Å². The number of piperidine rings is 1. The van der Waals surface area contributed by atoms with E-state index in [1.807, 2.05) is 17.5 Å². The lowest BCUT2D eigenvalue weighted by Gasteiger charge is -2.47. The van der Waals surface area contributed by atoms with Crippen LogP contribution in [-0.2, 0) is 13.1 Å². The van der Waals surface area contributed by atoms with Gasteiger partial charge in [0.2, 0.25) is 0 Å². The molecule has 0 unspecified atom stereocenters. The summed E-state index contributed by atoms with van der Waals surface area (Å²) in [5.74, 6) is 0.183. The molecule has 2 aromatic heterocycles. The number of nitrogens with zero attached hydrogens (tertiary/aromatic N) is 7. The summed E-state index contributed by atoms with van der Waals surface area (Å²) in [6.45, 7) is 8.01. The van der Waals surface area contributed by atoms with Gasteiger partial charge in [0.15, 0.2) is 22.5 Å². The number of thiazole rings is 1. The summed E-state index contributed by atoms with van der Waals surface area (Å²) < 4.78 is 0. The minimum atomic E-state index is -0.421. The minimum Gasteiger partial charge on any atom is -0.382 e. The molecule has 0 saturated carbocycles. The quantitative estimate of drug-likeness (QED) is 0.412. The maximum atomic E-state index is 12.7. The lowest BCUT2D eigenvalue weighted by atomic mass is 9.97. The third-order valence-corrected chi connectivity index (χ3v) is 8.81. The molecule has 40 heavy (non-hydrogen) atoms. The molecule has 1 aromatic carbocycles. The fourth-order valence-corrected chi connectivity index (χ4v) is 6.43. The van der Waals surface area contributed by atoms with E-state index in [0.717, 1.165) is 63.5 Å². The number of halogens is 1. The van der Waals surface area contributed by atoms with Gasteiger partial charge < -0.3 is 16.0 Å². The van der Waals surface area contributed by atoms with Crippen molar-refractivity contribution < 1.29 is 4.79 Å². The van der Waals surface area contributed by atoms with E-state index in [9.17, 15) is 4.79 Å². The number of amides is 1. The second-order valence-electron chi connectivity index (χ2n) is 10.2. The van der Waals surface area contributed by atoms with E-state index in [0.29, 0.717) is 30.0 Å². The maximum Gasteiger partial charge on any atom is 0.274 e. The maximum absolute atomic E-state index is 12.7. The molecule has 2 fully saturated rings. The second kappa shape index (κ2) is 12.9. The first-order valence-electron chi connectivity index (χ1n) is 13.7. The van der Waals surface area contributed by atoms with Crippen molar-refractivity contribution >= 4 is 40.5 Å². The number of benzene rings is 1. The van der Waals surface area contributed by atoms with Crippen LogP contribution in [0.15, 0.2) is 35.8 Å². The molecule has 0 bridgehead atoms. The molecule has 5 rings (SSSR count). The van der Waals surface area contributed by atoms with E-state index in [-0.39, 0.29) is 16.7 Å². The highest BCUT2D eigenvalue weighted by Crippen LogP contribution is 2.30. The Morgan fingerprint density at radius 1 is 1.20 bits per heavy atom. The number of nitriles is 1. The van der Waals surface area contributed by atoms with Gasteiger partial charge in [-0.15, -0.1) is 11.3 Å². The molecule has 0 aliphatic carbocycles. The van der Waals surface area contributed by atoms with Gasteiger partial charge in [0.1, 0.15) is 5.01 Å². The Balaban J connectivity index is 1.17. The Morgan fingerprint density at radius 2 is 1.98 bits per heavy atom. The molecule has 10 nitrogen and oxygen atoms in total. The van der Waals surface area contributed by atoms with E-state index in [1.165, 1.54) is 16.9 Å². The smallest absolute Gasteiger partial charge is 0.274 e. The van der Waals surface area contributed by atoms with Crippen LogP contribution in [0.4, 0.5) is 11.6 Å². The van der Waals surface area contributed by atoms with E-state index >= 15 is 0 Å². The minimum absolute atomic E-state index is 0.0313. The van der Waals surface area contributed by atoms with E-state index < -0.39 is 5.91 Å². The number of anilines is 2. The number of nitrogens with two attached hydrogens (primary N) is 1. The molecule has 4 heterocycles. The Labute approximate surface area is 243 Å². The summed E-state index contributed by atoms with van der Waals surface area (Å²) in [7, 11) is 0. The summed E-state index contributed by atoms with van der Waals surface area (Å²) >= 11 is 8.02. The molecule has 3 N–H and O–H groups in total. The first-order valence-corrected chi connectivity index (χ1v) is 14.9. The van der Waals surface area contributed by atoms with Crippen LogP contribution in [-0.4, -0.2) is 75.5 Å². The summed E-state index contributed by atoms with van der Waals surface area (Å²) in [5.41, 5.74) is 8.16. The van der Waals surface area contributed by atoms with Crippen molar-refractivity contribution in [2.45, 2.75) is 51.4 Å². The van der Waals surface area contributed by atoms with Gasteiger partial charge in [-0.05, 0) is 50.0 Å². The van der Waals surface area contributed by atoms with E-state index in [4.69, 9.17) is 22.6 Å². The van der Waals surface area contributed by atoms with Gasteiger partial charge in [-0.2, -0.15) is 5.26 Å². The number of piperazine rings is 1. The third-order valence-electron chi connectivity index (χ3n) is 7.78. The SMILES string of the molecule is CC[C@H]1CN(c2nc(N)c(C(=O)NCc3nccs3)nc2Cl)CCN1C1CCN(Cc2ccc(C#N)cc2)CC1. The number of carbonyl (C=O) groups excluding carboxylic acids is 1. The predicted octanol–water partition coefficient (Wildman–Crippen LogP) is 3.54. The Bertz CT molecular complexity index is 1340.